The maximum Gasteiger partial charge on any atom is 0.338 e. The van der Waals surface area contributed by atoms with Crippen LogP contribution in [-0.2, 0) is 20.9 Å². The van der Waals surface area contributed by atoms with Crippen molar-refractivity contribution >= 4 is 57.0 Å². The average Bonchev–Trinajstić information content (AvgIpc) is 3.03. The van der Waals surface area contributed by atoms with E-state index in [4.69, 9.17) is 31.2 Å². The number of methoxy groups -OCH3 is 1. The molecule has 0 fully saturated rings. The molecule has 13 nitrogen and oxygen atoms in total. The van der Waals surface area contributed by atoms with E-state index in [1.165, 1.54) is 25.5 Å². The van der Waals surface area contributed by atoms with Crippen molar-refractivity contribution in [2.24, 2.45) is 5.10 Å². The molecule has 0 radical (unpaired) electrons. The molecule has 1 amide bonds. The molecule has 1 aliphatic heterocycles. The maximum atomic E-state index is 12.8. The van der Waals surface area contributed by atoms with Crippen LogP contribution in [0.4, 0.5) is 5.69 Å². The number of para-hydroxylation sites is 1. The highest BCUT2D eigenvalue weighted by Crippen LogP contribution is 2.35. The molecule has 46 heavy (non-hydrogen) atoms. The molecule has 3 aromatic rings. The molecule has 0 aliphatic carbocycles. The number of nitrogens with one attached hydrogen (secondary N) is 3. The number of nitrogens with zero attached hydrogens (tertiary/aromatic N) is 2. The van der Waals surface area contributed by atoms with E-state index in [2.05, 4.69) is 37.1 Å². The number of non-ortho nitro benzene ring substituents is 1. The number of hydrogen-bond acceptors (Lipinski definition) is 10. The Bertz CT molecular complexity index is 1710. The number of halogens is 1. The van der Waals surface area contributed by atoms with Crippen LogP contribution in [0, 0.1) is 10.1 Å². The molecule has 0 aromatic heterocycles. The van der Waals surface area contributed by atoms with Crippen molar-refractivity contribution in [2.45, 2.75) is 26.5 Å². The van der Waals surface area contributed by atoms with Crippen LogP contribution in [0.25, 0.3) is 0 Å². The number of esters is 1. The Kier molecular flexibility index (Phi) is 11.6. The van der Waals surface area contributed by atoms with Gasteiger partial charge < -0.3 is 29.6 Å². The first-order valence-electron chi connectivity index (χ1n) is 13.8. The van der Waals surface area contributed by atoms with Gasteiger partial charge in [-0.25, -0.2) is 10.2 Å². The lowest BCUT2D eigenvalue weighted by molar-refractivity contribution is -0.384. The smallest absolute Gasteiger partial charge is 0.338 e. The number of carbonyl (C=O) groups excluding carboxylic acids is 2. The molecule has 0 saturated heterocycles. The number of hydrogen-bond donors (Lipinski definition) is 3. The Labute approximate surface area is 278 Å². The molecule has 1 atom stereocenters. The summed E-state index contributed by atoms with van der Waals surface area (Å²) in [6, 6.07) is 15.8. The van der Waals surface area contributed by atoms with Gasteiger partial charge in [0.1, 0.15) is 12.4 Å². The minimum absolute atomic E-state index is 0.0312. The Balaban J connectivity index is 1.40. The summed E-state index contributed by atoms with van der Waals surface area (Å²) in [6.07, 6.45) is 1.42. The minimum Gasteiger partial charge on any atom is -0.493 e. The van der Waals surface area contributed by atoms with E-state index in [0.29, 0.717) is 54.8 Å². The second-order valence-electron chi connectivity index (χ2n) is 9.65. The Morgan fingerprint density at radius 2 is 1.89 bits per heavy atom. The second-order valence-corrected chi connectivity index (χ2v) is 10.9. The van der Waals surface area contributed by atoms with Gasteiger partial charge in [0.2, 0.25) is 0 Å². The van der Waals surface area contributed by atoms with Crippen molar-refractivity contribution in [1.82, 2.24) is 16.1 Å². The van der Waals surface area contributed by atoms with E-state index >= 15 is 0 Å². The van der Waals surface area contributed by atoms with Gasteiger partial charge in [-0.1, -0.05) is 30.3 Å². The summed E-state index contributed by atoms with van der Waals surface area (Å²) in [6.45, 7) is 3.37. The predicted molar refractivity (Wildman–Crippen MR) is 177 cm³/mol. The number of ether oxygens (including phenoxy) is 4. The first-order valence-corrected chi connectivity index (χ1v) is 15.0. The molecule has 1 heterocycles. The summed E-state index contributed by atoms with van der Waals surface area (Å²) in [7, 11) is 1.47. The molecule has 3 aromatic carbocycles. The molecule has 0 spiro atoms. The fourth-order valence-electron chi connectivity index (χ4n) is 4.45. The van der Waals surface area contributed by atoms with E-state index in [-0.39, 0.29) is 25.5 Å². The monoisotopic (exact) mass is 711 g/mol. The Hall–Kier alpha value is -5.02. The van der Waals surface area contributed by atoms with Gasteiger partial charge in [-0.3, -0.25) is 14.9 Å². The number of carbonyl (C=O) groups is 2. The Morgan fingerprint density at radius 3 is 2.63 bits per heavy atom. The first kappa shape index (κ1) is 33.9. The van der Waals surface area contributed by atoms with E-state index in [1.807, 2.05) is 0 Å². The molecule has 240 valence electrons. The van der Waals surface area contributed by atoms with Crippen LogP contribution in [0.15, 0.2) is 81.5 Å². The number of allylic oxidation sites excluding steroid dienone is 1. The van der Waals surface area contributed by atoms with Crippen molar-refractivity contribution in [1.29, 1.82) is 0 Å². The van der Waals surface area contributed by atoms with Gasteiger partial charge in [-0.05, 0) is 65.8 Å². The van der Waals surface area contributed by atoms with Gasteiger partial charge in [0.15, 0.2) is 23.2 Å². The molecule has 1 aliphatic rings. The van der Waals surface area contributed by atoms with E-state index in [1.54, 1.807) is 62.4 Å². The SMILES string of the molecule is CCOC(=O)C1=C(C)NC(=S)N[C@H]1c1ccccc1OCC(=O)NN=Cc1cc(OC)c(OCc2cccc([N+](=O)[O-])c2)cc1Br. The maximum absolute atomic E-state index is 12.8. The fraction of sp³-hybridized carbons (Fsp3) is 0.226. The lowest BCUT2D eigenvalue weighted by Crippen LogP contribution is -2.45. The molecule has 0 bridgehead atoms. The van der Waals surface area contributed by atoms with E-state index < -0.39 is 22.8 Å². The van der Waals surface area contributed by atoms with Gasteiger partial charge in [-0.2, -0.15) is 5.10 Å². The lowest BCUT2D eigenvalue weighted by atomic mass is 9.95. The summed E-state index contributed by atoms with van der Waals surface area (Å²) >= 11 is 8.78. The van der Waals surface area contributed by atoms with Gasteiger partial charge in [0.05, 0.1) is 36.5 Å². The van der Waals surface area contributed by atoms with E-state index in [0.717, 1.165) is 0 Å². The summed E-state index contributed by atoms with van der Waals surface area (Å²) in [5.41, 5.74) is 5.08. The average molecular weight is 713 g/mol. The normalized spacial score (nSPS) is 14.3. The largest absolute Gasteiger partial charge is 0.493 e. The number of rotatable bonds is 13. The summed E-state index contributed by atoms with van der Waals surface area (Å²) in [5.74, 6) is 0.121. The summed E-state index contributed by atoms with van der Waals surface area (Å²) < 4.78 is 23.0. The van der Waals surface area contributed by atoms with Crippen LogP contribution in [-0.4, -0.2) is 48.5 Å². The quantitative estimate of drug-likeness (QED) is 0.0732. The number of thiocarbonyl (C=S) groups is 1. The van der Waals surface area contributed by atoms with Gasteiger partial charge >= 0.3 is 5.97 Å². The highest BCUT2D eigenvalue weighted by atomic mass is 79.9. The van der Waals surface area contributed by atoms with Gasteiger partial charge in [0, 0.05) is 33.4 Å². The highest BCUT2D eigenvalue weighted by Gasteiger charge is 2.32. The zero-order chi connectivity index (χ0) is 33.2. The number of nitro benzene ring substituents is 1. The first-order chi connectivity index (χ1) is 22.1. The van der Waals surface area contributed by atoms with Gasteiger partial charge in [-0.15, -0.1) is 0 Å². The topological polar surface area (TPSA) is 163 Å². The van der Waals surface area contributed by atoms with Crippen LogP contribution in [0.3, 0.4) is 0 Å². The molecule has 3 N–H and O–H groups in total. The highest BCUT2D eigenvalue weighted by molar-refractivity contribution is 9.10. The molecule has 4 rings (SSSR count). The standard InChI is InChI=1S/C31H30BrN5O8S/c1-4-43-30(39)28-18(2)34-31(46)35-29(28)22-10-5-6-11-24(22)45-17-27(38)36-33-15-20-13-25(42-3)26(14-23(20)32)44-16-19-8-7-9-21(12-19)37(40)41/h5-15,29H,4,16-17H2,1-3H3,(H,36,38)(H2,34,35,46)/t29-/m0/s1. The molecule has 0 saturated carbocycles. The molecular formula is C31H30BrN5O8S. The van der Waals surface area contributed by atoms with Crippen molar-refractivity contribution < 1.29 is 33.5 Å². The van der Waals surface area contributed by atoms with Crippen molar-refractivity contribution in [3.63, 3.8) is 0 Å². The number of hydrazone groups is 1. The Morgan fingerprint density at radius 1 is 1.11 bits per heavy atom. The zero-order valence-electron chi connectivity index (χ0n) is 25.0. The number of amides is 1. The number of benzene rings is 3. The third kappa shape index (κ3) is 8.57. The minimum atomic E-state index is -0.657. The summed E-state index contributed by atoms with van der Waals surface area (Å²) in [4.78, 5) is 36.0. The van der Waals surface area contributed by atoms with Crippen LogP contribution < -0.4 is 30.3 Å². The van der Waals surface area contributed by atoms with Crippen molar-refractivity contribution in [3.8, 4) is 17.2 Å². The predicted octanol–water partition coefficient (Wildman–Crippen LogP) is 4.83. The molecule has 0 unspecified atom stereocenters. The van der Waals surface area contributed by atoms with Crippen molar-refractivity contribution in [2.75, 3.05) is 20.3 Å². The van der Waals surface area contributed by atoms with Crippen LogP contribution in [0.2, 0.25) is 0 Å². The van der Waals surface area contributed by atoms with Crippen LogP contribution >= 0.6 is 28.1 Å². The van der Waals surface area contributed by atoms with Crippen molar-refractivity contribution in [3.05, 3.63) is 103 Å². The van der Waals surface area contributed by atoms with Crippen LogP contribution in [0.1, 0.15) is 36.6 Å². The van der Waals surface area contributed by atoms with E-state index in [9.17, 15) is 19.7 Å². The number of nitro groups is 1. The lowest BCUT2D eigenvalue weighted by Gasteiger charge is -2.30. The summed E-state index contributed by atoms with van der Waals surface area (Å²) in [5, 5.41) is 21.4. The third-order valence-corrected chi connectivity index (χ3v) is 7.45. The van der Waals surface area contributed by atoms with Crippen LogP contribution in [0.5, 0.6) is 17.2 Å². The van der Waals surface area contributed by atoms with Gasteiger partial charge in [0.25, 0.3) is 11.6 Å². The zero-order valence-corrected chi connectivity index (χ0v) is 27.4. The molecular weight excluding hydrogens is 682 g/mol. The third-order valence-electron chi connectivity index (χ3n) is 6.54. The second kappa shape index (κ2) is 15.8. The molecule has 15 heteroatoms. The fourth-order valence-corrected chi connectivity index (χ4v) is 5.15.